The fourth-order valence-corrected chi connectivity index (χ4v) is 3.07. The van der Waals surface area contributed by atoms with E-state index in [0.29, 0.717) is 11.3 Å². The highest BCUT2D eigenvalue weighted by Gasteiger charge is 2.26. The molecule has 0 aliphatic heterocycles. The maximum atomic E-state index is 12.9. The average Bonchev–Trinajstić information content (AvgIpc) is 3.29. The molecule has 170 valence electrons. The van der Waals surface area contributed by atoms with Crippen molar-refractivity contribution in [2.24, 2.45) is 10.5 Å². The van der Waals surface area contributed by atoms with Crippen molar-refractivity contribution in [3.05, 3.63) is 65.7 Å². The van der Waals surface area contributed by atoms with Crippen LogP contribution in [0.3, 0.4) is 0 Å². The molecule has 3 N–H and O–H groups in total. The van der Waals surface area contributed by atoms with Crippen molar-refractivity contribution in [3.8, 4) is 0 Å². The van der Waals surface area contributed by atoms with Gasteiger partial charge in [-0.3, -0.25) is 19.7 Å². The van der Waals surface area contributed by atoms with Gasteiger partial charge in [0.25, 0.3) is 11.8 Å². The summed E-state index contributed by atoms with van der Waals surface area (Å²) in [6.07, 6.45) is -0.252. The second-order valence-electron chi connectivity index (χ2n) is 8.08. The summed E-state index contributed by atoms with van der Waals surface area (Å²) in [5.74, 6) is -1.37. The minimum absolute atomic E-state index is 0.132. The minimum atomic E-state index is -0.681. The first-order valence-electron chi connectivity index (χ1n) is 10.1. The van der Waals surface area contributed by atoms with Crippen molar-refractivity contribution >= 4 is 51.2 Å². The number of rotatable bonds is 8. The third-order valence-electron chi connectivity index (χ3n) is 4.52. The van der Waals surface area contributed by atoms with Gasteiger partial charge in [-0.25, -0.2) is 5.43 Å². The van der Waals surface area contributed by atoms with E-state index in [2.05, 4.69) is 31.4 Å². The Kier molecular flexibility index (Phi) is 7.62. The van der Waals surface area contributed by atoms with E-state index >= 15 is 0 Å². The van der Waals surface area contributed by atoms with Crippen molar-refractivity contribution in [1.29, 1.82) is 0 Å². The number of hydrazone groups is 1. The Balaban J connectivity index is 1.81. The van der Waals surface area contributed by atoms with Gasteiger partial charge in [0.05, 0.1) is 17.7 Å². The van der Waals surface area contributed by atoms with Gasteiger partial charge in [-0.05, 0) is 24.3 Å². The van der Waals surface area contributed by atoms with Gasteiger partial charge in [0.2, 0.25) is 5.13 Å². The van der Waals surface area contributed by atoms with Gasteiger partial charge < -0.3 is 5.32 Å². The maximum Gasteiger partial charge on any atom is 0.274 e. The molecule has 1 aromatic heterocycles. The lowest BCUT2D eigenvalue weighted by molar-refractivity contribution is -0.125. The minimum Gasteiger partial charge on any atom is -0.355 e. The molecule has 33 heavy (non-hydrogen) atoms. The monoisotopic (exact) mass is 464 g/mol. The lowest BCUT2D eigenvalue weighted by atomic mass is 9.88. The molecule has 0 bridgehead atoms. The largest absolute Gasteiger partial charge is 0.355 e. The van der Waals surface area contributed by atoms with Crippen LogP contribution in [0.4, 0.5) is 16.5 Å². The zero-order valence-electron chi connectivity index (χ0n) is 18.5. The first-order valence-corrected chi connectivity index (χ1v) is 11.0. The molecule has 2 amide bonds. The topological polar surface area (TPSA) is 125 Å². The molecule has 3 rings (SSSR count). The Morgan fingerprint density at radius 2 is 1.70 bits per heavy atom. The van der Waals surface area contributed by atoms with Gasteiger partial charge in [0.1, 0.15) is 17.0 Å². The normalized spacial score (nSPS) is 11.5. The van der Waals surface area contributed by atoms with Gasteiger partial charge in [-0.2, -0.15) is 5.10 Å². The van der Waals surface area contributed by atoms with Crippen LogP contribution >= 0.6 is 11.3 Å². The Morgan fingerprint density at radius 1 is 1.00 bits per heavy atom. The van der Waals surface area contributed by atoms with E-state index in [1.165, 1.54) is 5.51 Å². The number of hydrogen-bond acceptors (Lipinski definition) is 8. The summed E-state index contributed by atoms with van der Waals surface area (Å²) >= 11 is 1.13. The Morgan fingerprint density at radius 3 is 2.36 bits per heavy atom. The van der Waals surface area contributed by atoms with Crippen molar-refractivity contribution < 1.29 is 14.4 Å². The summed E-state index contributed by atoms with van der Waals surface area (Å²) in [4.78, 5) is 38.1. The Hall–Kier alpha value is -3.92. The highest BCUT2D eigenvalue weighted by atomic mass is 32.1. The second-order valence-corrected chi connectivity index (χ2v) is 8.92. The number of nitrogens with zero attached hydrogens (tertiary/aromatic N) is 3. The number of carbonyl (C=O) groups excluding carboxylic acids is 3. The van der Waals surface area contributed by atoms with E-state index in [9.17, 15) is 14.4 Å². The number of hydrogen-bond donors (Lipinski definition) is 3. The van der Waals surface area contributed by atoms with E-state index in [-0.39, 0.29) is 23.0 Å². The summed E-state index contributed by atoms with van der Waals surface area (Å²) in [6.45, 7) is 5.25. The van der Waals surface area contributed by atoms with Crippen LogP contribution in [0.2, 0.25) is 0 Å². The van der Waals surface area contributed by atoms with Gasteiger partial charge in [-0.15, -0.1) is 10.2 Å². The molecular weight excluding hydrogens is 440 g/mol. The van der Waals surface area contributed by atoms with Gasteiger partial charge in [-0.1, -0.05) is 62.4 Å². The fraction of sp³-hybridized carbons (Fsp3) is 0.217. The van der Waals surface area contributed by atoms with Gasteiger partial charge in [0.15, 0.2) is 0 Å². The molecule has 2 aromatic carbocycles. The first kappa shape index (κ1) is 23.7. The highest BCUT2D eigenvalue weighted by Crippen LogP contribution is 2.21. The van der Waals surface area contributed by atoms with E-state index < -0.39 is 17.2 Å². The van der Waals surface area contributed by atoms with Crippen LogP contribution in [-0.4, -0.2) is 33.5 Å². The Labute approximate surface area is 195 Å². The average molecular weight is 465 g/mol. The lowest BCUT2D eigenvalue weighted by Gasteiger charge is -2.17. The van der Waals surface area contributed by atoms with Crippen LogP contribution in [0.25, 0.3) is 0 Å². The second kappa shape index (κ2) is 10.6. The SMILES string of the molecule is CC(C)(C)C(=O)CC(=NNC(=O)c1ccccc1Nc1ccccc1)C(=O)Nc1nncs1. The molecule has 0 aliphatic carbocycles. The molecule has 0 radical (unpaired) electrons. The van der Waals surface area contributed by atoms with Crippen molar-refractivity contribution in [3.63, 3.8) is 0 Å². The number of para-hydroxylation sites is 2. The summed E-state index contributed by atoms with van der Waals surface area (Å²) in [5, 5.41) is 17.4. The molecule has 0 saturated heterocycles. The van der Waals surface area contributed by atoms with Crippen molar-refractivity contribution in [2.45, 2.75) is 27.2 Å². The number of anilines is 3. The van der Waals surface area contributed by atoms with Crippen LogP contribution in [0.5, 0.6) is 0 Å². The number of amides is 2. The summed E-state index contributed by atoms with van der Waals surface area (Å²) in [7, 11) is 0. The van der Waals surface area contributed by atoms with E-state index in [1.807, 2.05) is 30.3 Å². The predicted molar refractivity (Wildman–Crippen MR) is 129 cm³/mol. The van der Waals surface area contributed by atoms with Gasteiger partial charge >= 0.3 is 0 Å². The highest BCUT2D eigenvalue weighted by molar-refractivity contribution is 7.13. The molecule has 0 atom stereocenters. The van der Waals surface area contributed by atoms with Crippen LogP contribution in [0.1, 0.15) is 37.6 Å². The molecule has 9 nitrogen and oxygen atoms in total. The maximum absolute atomic E-state index is 12.9. The molecule has 0 unspecified atom stereocenters. The molecule has 3 aromatic rings. The number of carbonyl (C=O) groups is 3. The third-order valence-corrected chi connectivity index (χ3v) is 5.13. The summed E-state index contributed by atoms with van der Waals surface area (Å²) in [6, 6.07) is 16.3. The number of ketones is 1. The molecule has 10 heteroatoms. The van der Waals surface area contributed by atoms with Gasteiger partial charge in [0, 0.05) is 11.1 Å². The zero-order valence-corrected chi connectivity index (χ0v) is 19.3. The smallest absolute Gasteiger partial charge is 0.274 e. The zero-order chi connectivity index (χ0) is 23.8. The fourth-order valence-electron chi connectivity index (χ4n) is 2.63. The summed E-state index contributed by atoms with van der Waals surface area (Å²) in [5.41, 5.74) is 4.77. The lowest BCUT2D eigenvalue weighted by Crippen LogP contribution is -2.32. The van der Waals surface area contributed by atoms with E-state index in [4.69, 9.17) is 0 Å². The Bertz CT molecular complexity index is 1150. The van der Waals surface area contributed by atoms with E-state index in [0.717, 1.165) is 17.0 Å². The van der Waals surface area contributed by atoms with Crippen LogP contribution < -0.4 is 16.1 Å². The first-order chi connectivity index (χ1) is 15.7. The summed E-state index contributed by atoms with van der Waals surface area (Å²) < 4.78 is 0. The van der Waals surface area contributed by atoms with Crippen molar-refractivity contribution in [2.75, 3.05) is 10.6 Å². The molecule has 0 saturated carbocycles. The van der Waals surface area contributed by atoms with E-state index in [1.54, 1.807) is 45.0 Å². The number of Topliss-reactive ketones (excluding diaryl/α,β-unsaturated/α-hetero) is 1. The third kappa shape index (κ3) is 6.78. The number of nitrogens with one attached hydrogen (secondary N) is 3. The molecule has 0 fully saturated rings. The molecule has 0 spiro atoms. The molecule has 1 heterocycles. The molecule has 0 aliphatic rings. The molecular formula is C23H24N6O3S. The van der Waals surface area contributed by atoms with Crippen LogP contribution in [0.15, 0.2) is 65.2 Å². The number of aromatic nitrogens is 2. The number of benzene rings is 2. The quantitative estimate of drug-likeness (QED) is 0.342. The van der Waals surface area contributed by atoms with Crippen LogP contribution in [-0.2, 0) is 9.59 Å². The predicted octanol–water partition coefficient (Wildman–Crippen LogP) is 4.01. The van der Waals surface area contributed by atoms with Crippen LogP contribution in [0, 0.1) is 5.41 Å². The van der Waals surface area contributed by atoms with Crippen molar-refractivity contribution in [1.82, 2.24) is 15.6 Å². The standard InChI is InChI=1S/C23H24N6O3S/c1-23(2,3)19(30)13-18(21(32)26-22-29-24-14-33-22)27-28-20(31)16-11-7-8-12-17(16)25-15-9-5-4-6-10-15/h4-12,14,25H,13H2,1-3H3,(H,28,31)(H,26,29,32).